The monoisotopic (exact) mass is 460 g/mol. The quantitative estimate of drug-likeness (QED) is 0.472. The molecule has 4 aromatic rings. The van der Waals surface area contributed by atoms with Crippen LogP contribution < -0.4 is 10.1 Å². The van der Waals surface area contributed by atoms with Crippen LogP contribution in [0.5, 0.6) is 5.88 Å². The predicted octanol–water partition coefficient (Wildman–Crippen LogP) is 4.16. The molecule has 34 heavy (non-hydrogen) atoms. The molecule has 7 rings (SSSR count). The molecule has 5 heterocycles. The molecule has 0 aromatic carbocycles. The van der Waals surface area contributed by atoms with Gasteiger partial charge in [0.2, 0.25) is 11.8 Å². The SMILES string of the molecule is COc1nc(NC2CCC3(CC2)OCC2(CC2)CO3)nc2[nH]cc(-c3ccc4nccn4c3)c12. The Hall–Kier alpha value is -3.17. The molecule has 1 saturated heterocycles. The molecule has 3 fully saturated rings. The minimum absolute atomic E-state index is 0.273. The molecule has 1 aliphatic heterocycles. The fraction of sp³-hybridized carbons (Fsp3) is 0.480. The molecule has 4 aromatic heterocycles. The lowest BCUT2D eigenvalue weighted by Gasteiger charge is -2.44. The summed E-state index contributed by atoms with van der Waals surface area (Å²) in [5.41, 5.74) is 4.02. The van der Waals surface area contributed by atoms with Crippen molar-refractivity contribution in [3.63, 3.8) is 0 Å². The summed E-state index contributed by atoms with van der Waals surface area (Å²) in [4.78, 5) is 17.1. The van der Waals surface area contributed by atoms with Crippen LogP contribution in [0, 0.1) is 5.41 Å². The highest BCUT2D eigenvalue weighted by Crippen LogP contribution is 2.52. The van der Waals surface area contributed by atoms with Crippen LogP contribution >= 0.6 is 0 Å². The zero-order valence-corrected chi connectivity index (χ0v) is 19.2. The Balaban J connectivity index is 1.11. The van der Waals surface area contributed by atoms with Gasteiger partial charge in [-0.15, -0.1) is 0 Å². The van der Waals surface area contributed by atoms with Gasteiger partial charge in [-0.05, 0) is 37.8 Å². The zero-order valence-electron chi connectivity index (χ0n) is 19.2. The van der Waals surface area contributed by atoms with Crippen LogP contribution in [0.3, 0.4) is 0 Å². The third kappa shape index (κ3) is 3.33. The molecule has 0 atom stereocenters. The average Bonchev–Trinajstić information content (AvgIpc) is 3.26. The van der Waals surface area contributed by atoms with Crippen molar-refractivity contribution in [2.24, 2.45) is 5.41 Å². The normalized spacial score (nSPS) is 21.4. The van der Waals surface area contributed by atoms with Gasteiger partial charge in [0, 0.05) is 60.2 Å². The van der Waals surface area contributed by atoms with Crippen LogP contribution in [0.4, 0.5) is 5.95 Å². The number of pyridine rings is 1. The number of imidazole rings is 1. The second-order valence-corrected chi connectivity index (χ2v) is 10.00. The van der Waals surface area contributed by atoms with Crippen LogP contribution in [0.2, 0.25) is 0 Å². The molecule has 2 spiro atoms. The van der Waals surface area contributed by atoms with E-state index in [4.69, 9.17) is 24.2 Å². The first-order valence-corrected chi connectivity index (χ1v) is 12.1. The highest BCUT2D eigenvalue weighted by molar-refractivity contribution is 5.97. The van der Waals surface area contributed by atoms with E-state index in [1.165, 1.54) is 12.8 Å². The van der Waals surface area contributed by atoms with Crippen LogP contribution in [0.1, 0.15) is 38.5 Å². The number of ether oxygens (including phenoxy) is 3. The number of hydrogen-bond acceptors (Lipinski definition) is 7. The molecule has 2 saturated carbocycles. The summed E-state index contributed by atoms with van der Waals surface area (Å²) in [5.74, 6) is 0.737. The minimum atomic E-state index is -0.390. The maximum absolute atomic E-state index is 6.23. The first kappa shape index (κ1) is 20.2. The number of anilines is 1. The van der Waals surface area contributed by atoms with Crippen LogP contribution in [0.25, 0.3) is 27.8 Å². The number of aromatic amines is 1. The van der Waals surface area contributed by atoms with Gasteiger partial charge in [0.15, 0.2) is 5.79 Å². The average molecular weight is 461 g/mol. The second kappa shape index (κ2) is 7.41. The lowest BCUT2D eigenvalue weighted by Crippen LogP contribution is -2.48. The fourth-order valence-electron chi connectivity index (χ4n) is 5.31. The lowest BCUT2D eigenvalue weighted by molar-refractivity contribution is -0.300. The third-order valence-corrected chi connectivity index (χ3v) is 7.71. The smallest absolute Gasteiger partial charge is 0.228 e. The first-order valence-electron chi connectivity index (χ1n) is 12.1. The highest BCUT2D eigenvalue weighted by Gasteiger charge is 2.52. The summed E-state index contributed by atoms with van der Waals surface area (Å²) in [7, 11) is 1.65. The number of H-pyrrole nitrogens is 1. The van der Waals surface area contributed by atoms with Crippen LogP contribution in [-0.2, 0) is 9.47 Å². The maximum atomic E-state index is 6.23. The molecule has 0 unspecified atom stereocenters. The maximum Gasteiger partial charge on any atom is 0.228 e. The van der Waals surface area contributed by atoms with Crippen molar-refractivity contribution in [1.29, 1.82) is 0 Å². The fourth-order valence-corrected chi connectivity index (χ4v) is 5.31. The highest BCUT2D eigenvalue weighted by atomic mass is 16.7. The van der Waals surface area contributed by atoms with E-state index in [0.29, 0.717) is 17.2 Å². The summed E-state index contributed by atoms with van der Waals surface area (Å²) in [6.45, 7) is 1.70. The standard InChI is InChI=1S/C25H28N6O3/c1-32-22-20-18(16-2-3-19-26-10-11-31(19)13-16)12-27-21(20)29-23(30-22)28-17-4-6-25(7-5-17)33-14-24(8-9-24)15-34-25/h2-3,10-13,17H,4-9,14-15H2,1H3,(H2,27,28,29,30). The van der Waals surface area contributed by atoms with Crippen LogP contribution in [-0.4, -0.2) is 56.5 Å². The van der Waals surface area contributed by atoms with Gasteiger partial charge in [-0.3, -0.25) is 0 Å². The van der Waals surface area contributed by atoms with Crippen molar-refractivity contribution in [3.8, 4) is 17.0 Å². The summed E-state index contributed by atoms with van der Waals surface area (Å²) in [6, 6.07) is 4.32. The van der Waals surface area contributed by atoms with Crippen molar-refractivity contribution in [2.45, 2.75) is 50.4 Å². The number of hydrogen-bond donors (Lipinski definition) is 2. The van der Waals surface area contributed by atoms with Crippen LogP contribution in [0.15, 0.2) is 36.9 Å². The number of methoxy groups -OCH3 is 1. The van der Waals surface area contributed by atoms with Gasteiger partial charge in [-0.2, -0.15) is 9.97 Å². The van der Waals surface area contributed by atoms with Crippen molar-refractivity contribution in [1.82, 2.24) is 24.3 Å². The van der Waals surface area contributed by atoms with Gasteiger partial charge in [0.25, 0.3) is 0 Å². The van der Waals surface area contributed by atoms with E-state index in [1.54, 1.807) is 13.3 Å². The molecule has 0 bridgehead atoms. The van der Waals surface area contributed by atoms with Gasteiger partial charge < -0.3 is 28.9 Å². The zero-order chi connectivity index (χ0) is 22.8. The number of fused-ring (bicyclic) bond motifs is 2. The van der Waals surface area contributed by atoms with E-state index in [-0.39, 0.29) is 11.8 Å². The molecular weight excluding hydrogens is 432 g/mol. The Morgan fingerprint density at radius 2 is 1.94 bits per heavy atom. The number of rotatable bonds is 4. The van der Waals surface area contributed by atoms with E-state index >= 15 is 0 Å². The van der Waals surface area contributed by atoms with Gasteiger partial charge in [-0.25, -0.2) is 4.98 Å². The topological polar surface area (TPSA) is 98.6 Å². The third-order valence-electron chi connectivity index (χ3n) is 7.71. The van der Waals surface area contributed by atoms with E-state index in [1.807, 2.05) is 22.9 Å². The Morgan fingerprint density at radius 1 is 1.12 bits per heavy atom. The van der Waals surface area contributed by atoms with Crippen molar-refractivity contribution in [3.05, 3.63) is 36.9 Å². The van der Waals surface area contributed by atoms with Crippen molar-refractivity contribution >= 4 is 22.6 Å². The molecule has 9 heteroatoms. The molecule has 0 amide bonds. The Morgan fingerprint density at radius 3 is 2.71 bits per heavy atom. The first-order chi connectivity index (χ1) is 16.6. The summed E-state index contributed by atoms with van der Waals surface area (Å²) in [5, 5.41) is 4.39. The van der Waals surface area contributed by atoms with E-state index in [2.05, 4.69) is 27.5 Å². The van der Waals surface area contributed by atoms with E-state index in [0.717, 1.165) is 66.7 Å². The number of nitrogens with zero attached hydrogens (tertiary/aromatic N) is 4. The van der Waals surface area contributed by atoms with E-state index in [9.17, 15) is 0 Å². The van der Waals surface area contributed by atoms with Gasteiger partial charge in [-0.1, -0.05) is 0 Å². The van der Waals surface area contributed by atoms with Gasteiger partial charge in [0.05, 0.1) is 25.7 Å². The summed E-state index contributed by atoms with van der Waals surface area (Å²) in [6.07, 6.45) is 13.9. The molecule has 0 radical (unpaired) electrons. The molecule has 9 nitrogen and oxygen atoms in total. The predicted molar refractivity (Wildman–Crippen MR) is 127 cm³/mol. The number of aromatic nitrogens is 5. The largest absolute Gasteiger partial charge is 0.480 e. The Bertz CT molecular complexity index is 1350. The molecule has 3 aliphatic rings. The summed E-state index contributed by atoms with van der Waals surface area (Å²) < 4.78 is 20.2. The minimum Gasteiger partial charge on any atom is -0.480 e. The van der Waals surface area contributed by atoms with Crippen molar-refractivity contribution in [2.75, 3.05) is 25.6 Å². The molecule has 176 valence electrons. The molecule has 2 N–H and O–H groups in total. The van der Waals surface area contributed by atoms with E-state index < -0.39 is 0 Å². The van der Waals surface area contributed by atoms with Gasteiger partial charge >= 0.3 is 0 Å². The Kier molecular flexibility index (Phi) is 4.41. The number of nitrogens with one attached hydrogen (secondary N) is 2. The molecule has 2 aliphatic carbocycles. The van der Waals surface area contributed by atoms with Crippen molar-refractivity contribution < 1.29 is 14.2 Å². The Labute approximate surface area is 196 Å². The lowest BCUT2D eigenvalue weighted by atomic mass is 9.89. The van der Waals surface area contributed by atoms with Gasteiger partial charge in [0.1, 0.15) is 11.3 Å². The molecular formula is C25H28N6O3. The summed E-state index contributed by atoms with van der Waals surface area (Å²) >= 11 is 0. The second-order valence-electron chi connectivity index (χ2n) is 10.00.